The van der Waals surface area contributed by atoms with Gasteiger partial charge in [-0.3, -0.25) is 0 Å². The van der Waals surface area contributed by atoms with Crippen LogP contribution in [0, 0.1) is 17.2 Å². The number of allylic oxidation sites excluding steroid dienone is 2. The minimum atomic E-state index is 0.599. The third kappa shape index (κ3) is 3.84. The van der Waals surface area contributed by atoms with Crippen LogP contribution in [0.3, 0.4) is 0 Å². The van der Waals surface area contributed by atoms with E-state index in [2.05, 4.69) is 23.5 Å². The van der Waals surface area contributed by atoms with Crippen LogP contribution in [-0.2, 0) is 6.54 Å². The molecule has 1 N–H and O–H groups in total. The van der Waals surface area contributed by atoms with E-state index >= 15 is 0 Å². The molecule has 19 heavy (non-hydrogen) atoms. The molecule has 0 heterocycles. The van der Waals surface area contributed by atoms with Gasteiger partial charge in [0, 0.05) is 6.54 Å². The Morgan fingerprint density at radius 3 is 3.00 bits per heavy atom. The Bertz CT molecular complexity index is 488. The minimum absolute atomic E-state index is 0.599. The second-order valence-electron chi connectivity index (χ2n) is 4.93. The van der Waals surface area contributed by atoms with Crippen molar-refractivity contribution in [1.82, 2.24) is 5.32 Å². The summed E-state index contributed by atoms with van der Waals surface area (Å²) in [7, 11) is 1.59. The highest BCUT2D eigenvalue weighted by molar-refractivity contribution is 5.45. The maximum atomic E-state index is 9.05. The number of rotatable bonds is 5. The molecule has 0 radical (unpaired) electrons. The van der Waals surface area contributed by atoms with Gasteiger partial charge in [-0.1, -0.05) is 18.2 Å². The molecule has 0 aromatic heterocycles. The van der Waals surface area contributed by atoms with Crippen LogP contribution < -0.4 is 10.1 Å². The predicted molar refractivity (Wildman–Crippen MR) is 75.9 cm³/mol. The first kappa shape index (κ1) is 13.6. The molecule has 0 aliphatic heterocycles. The van der Waals surface area contributed by atoms with Gasteiger partial charge in [-0.25, -0.2) is 0 Å². The lowest BCUT2D eigenvalue weighted by molar-refractivity contribution is 0.413. The zero-order chi connectivity index (χ0) is 13.5. The van der Waals surface area contributed by atoms with Crippen molar-refractivity contribution in [3.63, 3.8) is 0 Å². The highest BCUT2D eigenvalue weighted by Gasteiger charge is 2.09. The van der Waals surface area contributed by atoms with Crippen LogP contribution in [-0.4, -0.2) is 13.7 Å². The Morgan fingerprint density at radius 2 is 2.32 bits per heavy atom. The molecule has 0 saturated carbocycles. The van der Waals surface area contributed by atoms with Crippen molar-refractivity contribution in [2.45, 2.75) is 25.8 Å². The lowest BCUT2D eigenvalue weighted by Crippen LogP contribution is -2.23. The third-order valence-electron chi connectivity index (χ3n) is 3.52. The fourth-order valence-corrected chi connectivity index (χ4v) is 2.41. The molecule has 1 aromatic carbocycles. The number of nitrogens with zero attached hydrogens (tertiary/aromatic N) is 1. The second kappa shape index (κ2) is 6.96. The average Bonchev–Trinajstić information content (AvgIpc) is 2.48. The molecular formula is C16H20N2O. The SMILES string of the molecule is COc1ccc(CNCC2CC=CCC2)cc1C#N. The van der Waals surface area contributed by atoms with Gasteiger partial charge in [-0.15, -0.1) is 0 Å². The highest BCUT2D eigenvalue weighted by Crippen LogP contribution is 2.19. The second-order valence-corrected chi connectivity index (χ2v) is 4.93. The van der Waals surface area contributed by atoms with E-state index in [1.165, 1.54) is 19.3 Å². The molecule has 0 amide bonds. The van der Waals surface area contributed by atoms with E-state index in [-0.39, 0.29) is 0 Å². The third-order valence-corrected chi connectivity index (χ3v) is 3.52. The molecule has 1 aromatic rings. The van der Waals surface area contributed by atoms with Gasteiger partial charge in [0.1, 0.15) is 11.8 Å². The molecule has 1 aliphatic rings. The zero-order valence-corrected chi connectivity index (χ0v) is 11.4. The summed E-state index contributed by atoms with van der Waals surface area (Å²) in [6.45, 7) is 1.84. The van der Waals surface area contributed by atoms with Crippen LogP contribution in [0.5, 0.6) is 5.75 Å². The Balaban J connectivity index is 1.86. The maximum absolute atomic E-state index is 9.05. The first-order valence-electron chi connectivity index (χ1n) is 6.76. The molecule has 1 unspecified atom stereocenters. The minimum Gasteiger partial charge on any atom is -0.495 e. The average molecular weight is 256 g/mol. The number of hydrogen-bond donors (Lipinski definition) is 1. The fraction of sp³-hybridized carbons (Fsp3) is 0.438. The van der Waals surface area contributed by atoms with Gasteiger partial charge in [0.25, 0.3) is 0 Å². The van der Waals surface area contributed by atoms with Crippen LogP contribution >= 0.6 is 0 Å². The summed E-state index contributed by atoms with van der Waals surface area (Å²) in [5, 5.41) is 12.5. The van der Waals surface area contributed by atoms with Gasteiger partial charge in [-0.05, 0) is 49.4 Å². The molecule has 2 rings (SSSR count). The number of methoxy groups -OCH3 is 1. The van der Waals surface area contributed by atoms with Gasteiger partial charge < -0.3 is 10.1 Å². The van der Waals surface area contributed by atoms with Crippen LogP contribution in [0.1, 0.15) is 30.4 Å². The van der Waals surface area contributed by atoms with Gasteiger partial charge in [-0.2, -0.15) is 5.26 Å². The van der Waals surface area contributed by atoms with Crippen molar-refractivity contribution in [2.75, 3.05) is 13.7 Å². The van der Waals surface area contributed by atoms with Crippen molar-refractivity contribution < 1.29 is 4.74 Å². The van der Waals surface area contributed by atoms with Crippen LogP contribution in [0.25, 0.3) is 0 Å². The predicted octanol–water partition coefficient (Wildman–Crippen LogP) is 3.01. The van der Waals surface area contributed by atoms with E-state index in [4.69, 9.17) is 10.00 Å². The van der Waals surface area contributed by atoms with Crippen molar-refractivity contribution in [2.24, 2.45) is 5.92 Å². The summed E-state index contributed by atoms with van der Waals surface area (Å²) in [6, 6.07) is 7.93. The van der Waals surface area contributed by atoms with Gasteiger partial charge in [0.15, 0.2) is 0 Å². The van der Waals surface area contributed by atoms with E-state index in [9.17, 15) is 0 Å². The Hall–Kier alpha value is -1.79. The zero-order valence-electron chi connectivity index (χ0n) is 11.4. The molecule has 1 aliphatic carbocycles. The molecule has 0 bridgehead atoms. The van der Waals surface area contributed by atoms with Crippen molar-refractivity contribution in [3.05, 3.63) is 41.5 Å². The summed E-state index contributed by atoms with van der Waals surface area (Å²) in [4.78, 5) is 0. The van der Waals surface area contributed by atoms with Crippen LogP contribution in [0.2, 0.25) is 0 Å². The molecular weight excluding hydrogens is 236 g/mol. The Morgan fingerprint density at radius 1 is 1.42 bits per heavy atom. The summed E-state index contributed by atoms with van der Waals surface area (Å²) in [6.07, 6.45) is 8.19. The lowest BCUT2D eigenvalue weighted by atomic mass is 9.94. The quantitative estimate of drug-likeness (QED) is 0.824. The van der Waals surface area contributed by atoms with Crippen molar-refractivity contribution in [1.29, 1.82) is 5.26 Å². The number of ether oxygens (including phenoxy) is 1. The van der Waals surface area contributed by atoms with Crippen LogP contribution in [0.4, 0.5) is 0 Å². The molecule has 3 heteroatoms. The van der Waals surface area contributed by atoms with Crippen LogP contribution in [0.15, 0.2) is 30.4 Å². The van der Waals surface area contributed by atoms with Gasteiger partial charge in [0.2, 0.25) is 0 Å². The molecule has 3 nitrogen and oxygen atoms in total. The topological polar surface area (TPSA) is 45.0 Å². The Labute approximate surface area is 114 Å². The maximum Gasteiger partial charge on any atom is 0.136 e. The number of hydrogen-bond acceptors (Lipinski definition) is 3. The summed E-state index contributed by atoms with van der Waals surface area (Å²) in [5.74, 6) is 1.39. The lowest BCUT2D eigenvalue weighted by Gasteiger charge is -2.18. The summed E-state index contributed by atoms with van der Waals surface area (Å²) in [5.41, 5.74) is 1.73. The van der Waals surface area contributed by atoms with E-state index in [1.54, 1.807) is 7.11 Å². The van der Waals surface area contributed by atoms with Crippen molar-refractivity contribution >= 4 is 0 Å². The van der Waals surface area contributed by atoms with Gasteiger partial charge >= 0.3 is 0 Å². The number of benzene rings is 1. The summed E-state index contributed by atoms with van der Waals surface area (Å²) >= 11 is 0. The first-order valence-corrected chi connectivity index (χ1v) is 6.76. The van der Waals surface area contributed by atoms with Gasteiger partial charge in [0.05, 0.1) is 12.7 Å². The molecule has 1 atom stereocenters. The normalized spacial score (nSPS) is 18.0. The molecule has 0 spiro atoms. The van der Waals surface area contributed by atoms with E-state index in [0.717, 1.165) is 24.6 Å². The molecule has 0 fully saturated rings. The number of nitrogens with one attached hydrogen (secondary N) is 1. The smallest absolute Gasteiger partial charge is 0.136 e. The fourth-order valence-electron chi connectivity index (χ4n) is 2.41. The largest absolute Gasteiger partial charge is 0.495 e. The standard InChI is InChI=1S/C16H20N2O/c1-19-16-8-7-14(9-15(16)10-17)12-18-11-13-5-3-2-4-6-13/h2-3,7-9,13,18H,4-6,11-12H2,1H3. The monoisotopic (exact) mass is 256 g/mol. The molecule has 0 saturated heterocycles. The van der Waals surface area contributed by atoms with E-state index < -0.39 is 0 Å². The van der Waals surface area contributed by atoms with Crippen molar-refractivity contribution in [3.8, 4) is 11.8 Å². The van der Waals surface area contributed by atoms with E-state index in [1.807, 2.05) is 18.2 Å². The Kier molecular flexibility index (Phi) is 5.00. The molecule has 100 valence electrons. The highest BCUT2D eigenvalue weighted by atomic mass is 16.5. The number of nitriles is 1. The van der Waals surface area contributed by atoms with E-state index in [0.29, 0.717) is 11.3 Å². The summed E-state index contributed by atoms with van der Waals surface area (Å²) < 4.78 is 5.14. The first-order chi connectivity index (χ1) is 9.33.